The highest BCUT2D eigenvalue weighted by atomic mass is 19.4. The van der Waals surface area contributed by atoms with E-state index in [0.717, 1.165) is 38.4 Å². The number of methoxy groups -OCH3 is 1. The third kappa shape index (κ3) is 3.28. The highest BCUT2D eigenvalue weighted by molar-refractivity contribution is 5.10. The SMILES string of the molecule is COC[C@@]12CCCN1[C@H](COc1cnc(C(F)(F)F)cn1)CC2. The summed E-state index contributed by atoms with van der Waals surface area (Å²) in [5, 5.41) is 0. The summed E-state index contributed by atoms with van der Waals surface area (Å²) in [7, 11) is 1.72. The number of rotatable bonds is 5. The number of halogens is 3. The van der Waals surface area contributed by atoms with Crippen molar-refractivity contribution < 1.29 is 22.6 Å². The molecule has 2 atom stereocenters. The molecule has 2 saturated heterocycles. The van der Waals surface area contributed by atoms with Crippen LogP contribution in [0.4, 0.5) is 13.2 Å². The van der Waals surface area contributed by atoms with Gasteiger partial charge in [0.25, 0.3) is 0 Å². The molecule has 0 aromatic carbocycles. The number of aromatic nitrogens is 2. The van der Waals surface area contributed by atoms with Crippen molar-refractivity contribution in [3.63, 3.8) is 0 Å². The molecule has 128 valence electrons. The second-order valence-electron chi connectivity index (χ2n) is 6.20. The molecule has 0 N–H and O–H groups in total. The molecule has 3 heterocycles. The summed E-state index contributed by atoms with van der Waals surface area (Å²) in [4.78, 5) is 9.48. The average molecular weight is 331 g/mol. The smallest absolute Gasteiger partial charge is 0.434 e. The monoisotopic (exact) mass is 331 g/mol. The minimum absolute atomic E-state index is 0.106. The Morgan fingerprint density at radius 3 is 2.78 bits per heavy atom. The molecule has 8 heteroatoms. The summed E-state index contributed by atoms with van der Waals surface area (Å²) in [6, 6.07) is 0.247. The maximum atomic E-state index is 12.5. The van der Waals surface area contributed by atoms with E-state index in [1.165, 1.54) is 0 Å². The van der Waals surface area contributed by atoms with Crippen LogP contribution in [0.2, 0.25) is 0 Å². The summed E-state index contributed by atoms with van der Waals surface area (Å²) in [5.41, 5.74) is -0.904. The Balaban J connectivity index is 1.59. The van der Waals surface area contributed by atoms with E-state index < -0.39 is 11.9 Å². The standard InChI is InChI=1S/C15H20F3N3O2/c1-22-10-14-4-2-6-21(14)11(3-5-14)9-23-13-8-19-12(7-20-13)15(16,17)18/h7-8,11H,2-6,9-10H2,1H3/t11-,14-/m0/s1. The summed E-state index contributed by atoms with van der Waals surface area (Å²) >= 11 is 0. The number of alkyl halides is 3. The first kappa shape index (κ1) is 16.4. The number of ether oxygens (including phenoxy) is 2. The number of hydrogen-bond acceptors (Lipinski definition) is 5. The van der Waals surface area contributed by atoms with Crippen molar-refractivity contribution in [2.24, 2.45) is 0 Å². The summed E-state index contributed by atoms with van der Waals surface area (Å²) < 4.78 is 48.3. The van der Waals surface area contributed by atoms with E-state index in [9.17, 15) is 13.2 Å². The van der Waals surface area contributed by atoms with Crippen LogP contribution in [-0.2, 0) is 10.9 Å². The van der Waals surface area contributed by atoms with Gasteiger partial charge in [-0.3, -0.25) is 4.90 Å². The molecule has 0 bridgehead atoms. The van der Waals surface area contributed by atoms with Crippen molar-refractivity contribution in [3.05, 3.63) is 18.1 Å². The van der Waals surface area contributed by atoms with Crippen molar-refractivity contribution in [1.29, 1.82) is 0 Å². The van der Waals surface area contributed by atoms with E-state index >= 15 is 0 Å². The third-order valence-corrected chi connectivity index (χ3v) is 4.79. The molecular formula is C15H20F3N3O2. The first-order valence-corrected chi connectivity index (χ1v) is 7.72. The topological polar surface area (TPSA) is 47.5 Å². The van der Waals surface area contributed by atoms with Crippen LogP contribution in [0, 0.1) is 0 Å². The maximum Gasteiger partial charge on any atom is 0.434 e. The molecule has 0 unspecified atom stereocenters. The van der Waals surface area contributed by atoms with Gasteiger partial charge < -0.3 is 9.47 Å². The minimum atomic E-state index is -4.48. The van der Waals surface area contributed by atoms with E-state index in [-0.39, 0.29) is 17.5 Å². The van der Waals surface area contributed by atoms with Crippen molar-refractivity contribution in [1.82, 2.24) is 14.9 Å². The van der Waals surface area contributed by atoms with Crippen LogP contribution in [0.25, 0.3) is 0 Å². The molecule has 0 saturated carbocycles. The number of nitrogens with zero attached hydrogens (tertiary/aromatic N) is 3. The Morgan fingerprint density at radius 1 is 1.30 bits per heavy atom. The molecule has 2 aliphatic heterocycles. The lowest BCUT2D eigenvalue weighted by molar-refractivity contribution is -0.141. The molecule has 3 rings (SSSR count). The van der Waals surface area contributed by atoms with Crippen LogP contribution in [-0.4, -0.2) is 53.3 Å². The van der Waals surface area contributed by atoms with Gasteiger partial charge >= 0.3 is 6.18 Å². The second-order valence-corrected chi connectivity index (χ2v) is 6.20. The van der Waals surface area contributed by atoms with Crippen LogP contribution in [0.1, 0.15) is 31.4 Å². The molecular weight excluding hydrogens is 311 g/mol. The fourth-order valence-corrected chi connectivity index (χ4v) is 3.78. The minimum Gasteiger partial charge on any atom is -0.475 e. The van der Waals surface area contributed by atoms with Crippen molar-refractivity contribution in [2.75, 3.05) is 26.9 Å². The quantitative estimate of drug-likeness (QED) is 0.830. The van der Waals surface area contributed by atoms with E-state index in [1.54, 1.807) is 7.11 Å². The lowest BCUT2D eigenvalue weighted by Crippen LogP contribution is -2.47. The lowest BCUT2D eigenvalue weighted by Gasteiger charge is -2.34. The summed E-state index contributed by atoms with van der Waals surface area (Å²) in [5.74, 6) is 0.126. The number of hydrogen-bond donors (Lipinski definition) is 0. The van der Waals surface area contributed by atoms with Crippen LogP contribution in [0.3, 0.4) is 0 Å². The van der Waals surface area contributed by atoms with Crippen molar-refractivity contribution in [3.8, 4) is 5.88 Å². The largest absolute Gasteiger partial charge is 0.475 e. The predicted octanol–water partition coefficient (Wildman–Crippen LogP) is 2.52. The second kappa shape index (κ2) is 6.24. The Kier molecular flexibility index (Phi) is 4.46. The molecule has 0 spiro atoms. The first-order valence-electron chi connectivity index (χ1n) is 7.72. The molecule has 1 aromatic heterocycles. The molecule has 2 fully saturated rings. The zero-order valence-electron chi connectivity index (χ0n) is 13.0. The van der Waals surface area contributed by atoms with Gasteiger partial charge in [0.1, 0.15) is 6.61 Å². The molecule has 0 amide bonds. The molecule has 2 aliphatic rings. The van der Waals surface area contributed by atoms with Crippen LogP contribution < -0.4 is 4.74 Å². The first-order chi connectivity index (χ1) is 10.9. The van der Waals surface area contributed by atoms with Gasteiger partial charge in [0, 0.05) is 18.7 Å². The van der Waals surface area contributed by atoms with Crippen molar-refractivity contribution in [2.45, 2.75) is 43.4 Å². The van der Waals surface area contributed by atoms with E-state index in [4.69, 9.17) is 9.47 Å². The van der Waals surface area contributed by atoms with Gasteiger partial charge in [-0.15, -0.1) is 0 Å². The summed E-state index contributed by atoms with van der Waals surface area (Å²) in [6.45, 7) is 2.13. The van der Waals surface area contributed by atoms with E-state index in [2.05, 4.69) is 14.9 Å². The van der Waals surface area contributed by atoms with Crippen LogP contribution in [0.15, 0.2) is 12.4 Å². The Labute approximate surface area is 132 Å². The zero-order chi connectivity index (χ0) is 16.5. The van der Waals surface area contributed by atoms with Gasteiger partial charge in [-0.2, -0.15) is 13.2 Å². The van der Waals surface area contributed by atoms with Gasteiger partial charge in [0.05, 0.1) is 19.0 Å². The van der Waals surface area contributed by atoms with Gasteiger partial charge in [-0.05, 0) is 32.2 Å². The van der Waals surface area contributed by atoms with Gasteiger partial charge in [0.2, 0.25) is 5.88 Å². The summed E-state index contributed by atoms with van der Waals surface area (Å²) in [6.07, 6.45) is 1.58. The maximum absolute atomic E-state index is 12.5. The fraction of sp³-hybridized carbons (Fsp3) is 0.733. The van der Waals surface area contributed by atoms with Gasteiger partial charge in [-0.25, -0.2) is 9.97 Å². The van der Waals surface area contributed by atoms with Crippen LogP contribution in [0.5, 0.6) is 5.88 Å². The lowest BCUT2D eigenvalue weighted by atomic mass is 9.95. The number of fused-ring (bicyclic) bond motifs is 1. The molecule has 1 aromatic rings. The Bertz CT molecular complexity index is 538. The fourth-order valence-electron chi connectivity index (χ4n) is 3.78. The van der Waals surface area contributed by atoms with E-state index in [1.807, 2.05) is 0 Å². The van der Waals surface area contributed by atoms with Crippen LogP contribution >= 0.6 is 0 Å². The molecule has 5 nitrogen and oxygen atoms in total. The van der Waals surface area contributed by atoms with E-state index in [0.29, 0.717) is 19.4 Å². The third-order valence-electron chi connectivity index (χ3n) is 4.79. The Hall–Kier alpha value is -1.41. The van der Waals surface area contributed by atoms with Crippen molar-refractivity contribution >= 4 is 0 Å². The normalized spacial score (nSPS) is 28.1. The average Bonchev–Trinajstić information content (AvgIpc) is 3.04. The highest BCUT2D eigenvalue weighted by Crippen LogP contribution is 2.42. The zero-order valence-corrected chi connectivity index (χ0v) is 13.0. The molecule has 0 radical (unpaired) electrons. The molecule has 0 aliphatic carbocycles. The highest BCUT2D eigenvalue weighted by Gasteiger charge is 2.49. The van der Waals surface area contributed by atoms with Gasteiger partial charge in [0.15, 0.2) is 5.69 Å². The predicted molar refractivity (Wildman–Crippen MR) is 76.1 cm³/mol. The van der Waals surface area contributed by atoms with Gasteiger partial charge in [-0.1, -0.05) is 0 Å². The molecule has 23 heavy (non-hydrogen) atoms. The Morgan fingerprint density at radius 2 is 2.13 bits per heavy atom.